The van der Waals surface area contributed by atoms with Gasteiger partial charge in [0.05, 0.1) is 31.0 Å². The smallest absolute Gasteiger partial charge is 0.224 e. The van der Waals surface area contributed by atoms with Gasteiger partial charge in [0.25, 0.3) is 0 Å². The Bertz CT molecular complexity index is 845. The summed E-state index contributed by atoms with van der Waals surface area (Å²) in [6.07, 6.45) is 3.21. The molecule has 4 heterocycles. The van der Waals surface area contributed by atoms with Crippen molar-refractivity contribution in [2.45, 2.75) is 72.2 Å². The normalized spacial score (nSPS) is 18.0. The van der Waals surface area contributed by atoms with Crippen LogP contribution in [0.4, 0.5) is 0 Å². The van der Waals surface area contributed by atoms with Gasteiger partial charge in [0.2, 0.25) is 5.91 Å². The lowest BCUT2D eigenvalue weighted by molar-refractivity contribution is -0.121. The molecule has 0 unspecified atom stereocenters. The number of fused-ring (bicyclic) bond motifs is 1. The number of piperidine rings is 1. The van der Waals surface area contributed by atoms with Gasteiger partial charge in [-0.3, -0.25) is 14.4 Å². The van der Waals surface area contributed by atoms with Crippen LogP contribution in [0.25, 0.3) is 0 Å². The molecular weight excluding hydrogens is 370 g/mol. The molecule has 29 heavy (non-hydrogen) atoms. The van der Waals surface area contributed by atoms with E-state index in [0.29, 0.717) is 13.0 Å². The fraction of sp³-hybridized carbons (Fsp3) is 0.667. The van der Waals surface area contributed by atoms with Gasteiger partial charge in [0.1, 0.15) is 5.76 Å². The number of likely N-dealkylation sites (tertiary alicyclic amines) is 1. The Balaban J connectivity index is 1.29. The number of hydrogen-bond donors (Lipinski definition) is 1. The van der Waals surface area contributed by atoms with Crippen molar-refractivity contribution in [3.63, 3.8) is 0 Å². The molecule has 2 aliphatic heterocycles. The Kier molecular flexibility index (Phi) is 6.01. The van der Waals surface area contributed by atoms with Crippen LogP contribution in [0.2, 0.25) is 0 Å². The number of amides is 1. The summed E-state index contributed by atoms with van der Waals surface area (Å²) in [6, 6.07) is 0.227. The van der Waals surface area contributed by atoms with Gasteiger partial charge in [-0.2, -0.15) is 5.10 Å². The first-order valence-electron chi connectivity index (χ1n) is 10.6. The zero-order valence-electron chi connectivity index (χ0n) is 17.7. The third kappa shape index (κ3) is 4.38. The van der Waals surface area contributed by atoms with Crippen LogP contribution in [0.1, 0.15) is 53.7 Å². The molecule has 0 bridgehead atoms. The summed E-state index contributed by atoms with van der Waals surface area (Å²) >= 11 is 0. The van der Waals surface area contributed by atoms with Gasteiger partial charge in [-0.1, -0.05) is 5.16 Å². The van der Waals surface area contributed by atoms with Crippen molar-refractivity contribution in [2.24, 2.45) is 0 Å². The van der Waals surface area contributed by atoms with E-state index in [9.17, 15) is 4.79 Å². The van der Waals surface area contributed by atoms with E-state index >= 15 is 0 Å². The quantitative estimate of drug-likeness (QED) is 0.796. The molecule has 0 aliphatic carbocycles. The van der Waals surface area contributed by atoms with E-state index in [0.717, 1.165) is 74.8 Å². The lowest BCUT2D eigenvalue weighted by Crippen LogP contribution is -2.45. The van der Waals surface area contributed by atoms with Crippen molar-refractivity contribution in [3.05, 3.63) is 34.0 Å². The minimum absolute atomic E-state index is 0.0470. The van der Waals surface area contributed by atoms with E-state index in [1.165, 1.54) is 11.3 Å². The maximum atomic E-state index is 12.4. The monoisotopic (exact) mass is 401 g/mol. The van der Waals surface area contributed by atoms with Gasteiger partial charge in [0.15, 0.2) is 0 Å². The minimum atomic E-state index is 0.0470. The van der Waals surface area contributed by atoms with E-state index in [1.54, 1.807) is 0 Å². The molecule has 4 rings (SSSR count). The Hall–Kier alpha value is -2.19. The molecule has 2 aromatic rings. The minimum Gasteiger partial charge on any atom is -0.376 e. The van der Waals surface area contributed by atoms with Crippen molar-refractivity contribution in [1.82, 2.24) is 25.2 Å². The molecule has 8 heteroatoms. The lowest BCUT2D eigenvalue weighted by Gasteiger charge is -2.32. The van der Waals surface area contributed by atoms with E-state index in [2.05, 4.69) is 27.0 Å². The number of carbonyl (C=O) groups is 1. The highest BCUT2D eigenvalue weighted by Gasteiger charge is 2.25. The number of rotatable bonds is 6. The summed E-state index contributed by atoms with van der Waals surface area (Å²) in [7, 11) is 0. The highest BCUT2D eigenvalue weighted by atomic mass is 16.5. The van der Waals surface area contributed by atoms with Crippen LogP contribution in [-0.2, 0) is 42.1 Å². The van der Waals surface area contributed by atoms with E-state index in [4.69, 9.17) is 14.4 Å². The second-order valence-electron chi connectivity index (χ2n) is 8.09. The molecule has 0 atom stereocenters. The second kappa shape index (κ2) is 8.67. The predicted octanol–water partition coefficient (Wildman–Crippen LogP) is 1.90. The second-order valence-corrected chi connectivity index (χ2v) is 8.09. The number of ether oxygens (including phenoxy) is 1. The molecule has 1 saturated heterocycles. The van der Waals surface area contributed by atoms with Gasteiger partial charge < -0.3 is 14.6 Å². The lowest BCUT2D eigenvalue weighted by atomic mass is 10.0. The van der Waals surface area contributed by atoms with Crippen molar-refractivity contribution < 1.29 is 14.1 Å². The zero-order valence-corrected chi connectivity index (χ0v) is 17.7. The SMILES string of the molecule is CCn1nc(CN2CCC(NC(=O)Cc3c(C)noc3C)CC2)c2c1CCOC2. The molecule has 0 aromatic carbocycles. The van der Waals surface area contributed by atoms with Crippen molar-refractivity contribution in [1.29, 1.82) is 0 Å². The maximum absolute atomic E-state index is 12.4. The maximum Gasteiger partial charge on any atom is 0.224 e. The van der Waals surface area contributed by atoms with Crippen LogP contribution < -0.4 is 5.32 Å². The summed E-state index contributed by atoms with van der Waals surface area (Å²) in [5.41, 5.74) is 5.48. The number of hydrogen-bond acceptors (Lipinski definition) is 6. The van der Waals surface area contributed by atoms with Crippen LogP contribution in [0, 0.1) is 13.8 Å². The highest BCUT2D eigenvalue weighted by molar-refractivity contribution is 5.79. The topological polar surface area (TPSA) is 85.4 Å². The van der Waals surface area contributed by atoms with Crippen LogP contribution in [0.5, 0.6) is 0 Å². The first-order valence-corrected chi connectivity index (χ1v) is 10.6. The third-order valence-corrected chi connectivity index (χ3v) is 6.12. The van der Waals surface area contributed by atoms with Crippen LogP contribution in [0.3, 0.4) is 0 Å². The Labute approximate surface area is 171 Å². The van der Waals surface area contributed by atoms with Gasteiger partial charge >= 0.3 is 0 Å². The highest BCUT2D eigenvalue weighted by Crippen LogP contribution is 2.23. The molecule has 0 saturated carbocycles. The summed E-state index contributed by atoms with van der Waals surface area (Å²) < 4.78 is 13.0. The summed E-state index contributed by atoms with van der Waals surface area (Å²) in [5.74, 6) is 0.775. The van der Waals surface area contributed by atoms with Crippen molar-refractivity contribution in [2.75, 3.05) is 19.7 Å². The van der Waals surface area contributed by atoms with E-state index < -0.39 is 0 Å². The van der Waals surface area contributed by atoms with Crippen LogP contribution in [0.15, 0.2) is 4.52 Å². The number of aromatic nitrogens is 3. The Morgan fingerprint density at radius 2 is 2.07 bits per heavy atom. The molecule has 1 fully saturated rings. The molecule has 1 N–H and O–H groups in total. The zero-order chi connectivity index (χ0) is 20.4. The van der Waals surface area contributed by atoms with Gasteiger partial charge in [-0.05, 0) is 33.6 Å². The Morgan fingerprint density at radius 1 is 1.28 bits per heavy atom. The van der Waals surface area contributed by atoms with E-state index in [-0.39, 0.29) is 11.9 Å². The summed E-state index contributed by atoms with van der Waals surface area (Å²) in [4.78, 5) is 14.9. The molecule has 0 spiro atoms. The number of aryl methyl sites for hydroxylation is 3. The number of carbonyl (C=O) groups excluding carboxylic acids is 1. The van der Waals surface area contributed by atoms with E-state index in [1.807, 2.05) is 13.8 Å². The molecule has 0 radical (unpaired) electrons. The average Bonchev–Trinajstić information content (AvgIpc) is 3.24. The van der Waals surface area contributed by atoms with Gasteiger partial charge in [0, 0.05) is 55.5 Å². The van der Waals surface area contributed by atoms with Crippen LogP contribution >= 0.6 is 0 Å². The summed E-state index contributed by atoms with van der Waals surface area (Å²) in [6.45, 7) is 11.0. The van der Waals surface area contributed by atoms with Crippen molar-refractivity contribution >= 4 is 5.91 Å². The fourth-order valence-corrected chi connectivity index (χ4v) is 4.41. The van der Waals surface area contributed by atoms with Gasteiger partial charge in [-0.25, -0.2) is 0 Å². The molecule has 8 nitrogen and oxygen atoms in total. The molecule has 2 aliphatic rings. The number of nitrogens with one attached hydrogen (secondary N) is 1. The van der Waals surface area contributed by atoms with Crippen molar-refractivity contribution in [3.8, 4) is 0 Å². The molecule has 2 aromatic heterocycles. The predicted molar refractivity (Wildman–Crippen MR) is 107 cm³/mol. The average molecular weight is 402 g/mol. The van der Waals surface area contributed by atoms with Crippen LogP contribution in [-0.4, -0.2) is 51.5 Å². The standard InChI is InChI=1S/C21H31N5O3/c1-4-26-20-7-10-28-13-18(20)19(23-26)12-25-8-5-16(6-9-25)22-21(27)11-17-14(2)24-29-15(17)3/h16H,4-13H2,1-3H3,(H,22,27). The fourth-order valence-electron chi connectivity index (χ4n) is 4.41. The first-order chi connectivity index (χ1) is 14.0. The molecular formula is C21H31N5O3. The molecule has 1 amide bonds. The summed E-state index contributed by atoms with van der Waals surface area (Å²) in [5, 5.41) is 12.0. The first kappa shape index (κ1) is 20.1. The largest absolute Gasteiger partial charge is 0.376 e. The Morgan fingerprint density at radius 3 is 2.76 bits per heavy atom. The van der Waals surface area contributed by atoms with Gasteiger partial charge in [-0.15, -0.1) is 0 Å². The third-order valence-electron chi connectivity index (χ3n) is 6.12. The number of nitrogens with zero attached hydrogens (tertiary/aromatic N) is 4. The molecule has 158 valence electrons.